The van der Waals surface area contributed by atoms with Crippen molar-refractivity contribution < 1.29 is 24.3 Å². The third-order valence-corrected chi connectivity index (χ3v) is 2.59. The first-order chi connectivity index (χ1) is 7.25. The molecule has 0 aromatic carbocycles. The van der Waals surface area contributed by atoms with E-state index in [9.17, 15) is 9.59 Å². The zero-order valence-electron chi connectivity index (χ0n) is 10.3. The quantitative estimate of drug-likeness (QED) is 0.487. The van der Waals surface area contributed by atoms with Gasteiger partial charge in [-0.05, 0) is 12.8 Å². The highest BCUT2D eigenvalue weighted by Gasteiger charge is 2.30. The Hall–Kier alpha value is -1.10. The van der Waals surface area contributed by atoms with Crippen molar-refractivity contribution in [2.45, 2.75) is 38.1 Å². The monoisotopic (exact) mass is 232 g/mol. The molecule has 0 rings (SSSR count). The van der Waals surface area contributed by atoms with Crippen LogP contribution >= 0.6 is 0 Å². The molecule has 94 valence electrons. The Balaban J connectivity index is 3.87. The molecule has 0 spiro atoms. The highest BCUT2D eigenvalue weighted by molar-refractivity contribution is 5.72. The number of likely N-dealkylation sites (N-methyl/N-ethyl adjacent to an activating group) is 1. The second-order valence-electron chi connectivity index (χ2n) is 4.96. The third-order valence-electron chi connectivity index (χ3n) is 2.59. The zero-order chi connectivity index (χ0) is 12.8. The van der Waals surface area contributed by atoms with E-state index in [1.165, 1.54) is 0 Å². The minimum atomic E-state index is -0.790. The molecule has 0 amide bonds. The van der Waals surface area contributed by atoms with E-state index in [4.69, 9.17) is 10.2 Å². The molecular weight excluding hydrogens is 210 g/mol. The van der Waals surface area contributed by atoms with E-state index in [1.54, 1.807) is 0 Å². The number of quaternary nitrogens is 1. The lowest BCUT2D eigenvalue weighted by molar-refractivity contribution is -0.887. The van der Waals surface area contributed by atoms with E-state index < -0.39 is 18.0 Å². The molecule has 0 aliphatic rings. The van der Waals surface area contributed by atoms with Gasteiger partial charge in [-0.15, -0.1) is 0 Å². The van der Waals surface area contributed by atoms with Crippen LogP contribution in [0.2, 0.25) is 0 Å². The predicted octanol–water partition coefficient (Wildman–Crippen LogP) is 1.18. The highest BCUT2D eigenvalue weighted by atomic mass is 16.4. The molecule has 0 radical (unpaired) electrons. The van der Waals surface area contributed by atoms with Crippen LogP contribution in [0.4, 0.5) is 0 Å². The summed E-state index contributed by atoms with van der Waals surface area (Å²) in [6.45, 7) is 0. The predicted molar refractivity (Wildman–Crippen MR) is 60.2 cm³/mol. The second kappa shape index (κ2) is 6.48. The normalized spacial score (nSPS) is 13.4. The highest BCUT2D eigenvalue weighted by Crippen LogP contribution is 2.13. The first-order valence-corrected chi connectivity index (χ1v) is 5.51. The van der Waals surface area contributed by atoms with Crippen LogP contribution in [-0.4, -0.2) is 53.8 Å². The Labute approximate surface area is 96.3 Å². The van der Waals surface area contributed by atoms with Gasteiger partial charge in [0, 0.05) is 12.8 Å². The molecule has 0 aromatic heterocycles. The van der Waals surface area contributed by atoms with Crippen molar-refractivity contribution in [2.24, 2.45) is 0 Å². The summed E-state index contributed by atoms with van der Waals surface area (Å²) >= 11 is 0. The second-order valence-corrected chi connectivity index (χ2v) is 4.96. The molecule has 0 bridgehead atoms. The minimum absolute atomic E-state index is 0.169. The summed E-state index contributed by atoms with van der Waals surface area (Å²) in [5, 5.41) is 17.5. The molecule has 0 fully saturated rings. The molecule has 5 heteroatoms. The zero-order valence-corrected chi connectivity index (χ0v) is 10.3. The maximum absolute atomic E-state index is 11.0. The first kappa shape index (κ1) is 14.9. The number of carboxylic acid groups (broad SMARTS) is 2. The van der Waals surface area contributed by atoms with Crippen molar-refractivity contribution in [2.75, 3.05) is 21.1 Å². The van der Waals surface area contributed by atoms with Crippen LogP contribution in [0.1, 0.15) is 32.1 Å². The van der Waals surface area contributed by atoms with Gasteiger partial charge in [0.05, 0.1) is 21.1 Å². The summed E-state index contributed by atoms with van der Waals surface area (Å²) in [5.41, 5.74) is 0. The van der Waals surface area contributed by atoms with Gasteiger partial charge >= 0.3 is 11.9 Å². The number of carbonyl (C=O) groups is 2. The summed E-state index contributed by atoms with van der Waals surface area (Å²) < 4.78 is 0.397. The van der Waals surface area contributed by atoms with Gasteiger partial charge in [0.2, 0.25) is 0 Å². The number of nitrogens with zero attached hydrogens (tertiary/aromatic N) is 1. The van der Waals surface area contributed by atoms with Crippen LogP contribution in [0.25, 0.3) is 0 Å². The Morgan fingerprint density at radius 2 is 1.62 bits per heavy atom. The van der Waals surface area contributed by atoms with Crippen LogP contribution in [-0.2, 0) is 9.59 Å². The average molecular weight is 232 g/mol. The van der Waals surface area contributed by atoms with Crippen molar-refractivity contribution in [1.29, 1.82) is 0 Å². The third kappa shape index (κ3) is 6.40. The van der Waals surface area contributed by atoms with Crippen molar-refractivity contribution in [3.05, 3.63) is 0 Å². The van der Waals surface area contributed by atoms with Crippen LogP contribution in [0.3, 0.4) is 0 Å². The Bertz CT molecular complexity index is 245. The van der Waals surface area contributed by atoms with Crippen molar-refractivity contribution >= 4 is 11.9 Å². The Kier molecular flexibility index (Phi) is 6.03. The molecule has 0 heterocycles. The fraction of sp³-hybridized carbons (Fsp3) is 0.818. The van der Waals surface area contributed by atoms with E-state index in [0.29, 0.717) is 17.3 Å². The van der Waals surface area contributed by atoms with Gasteiger partial charge in [0.25, 0.3) is 0 Å². The van der Waals surface area contributed by atoms with Gasteiger partial charge in [-0.1, -0.05) is 6.42 Å². The number of hydrogen-bond donors (Lipinski definition) is 2. The van der Waals surface area contributed by atoms with Gasteiger partial charge in [0.1, 0.15) is 0 Å². The maximum Gasteiger partial charge on any atom is 0.362 e. The standard InChI is InChI=1S/C11H21NO4/c1-12(2,3)9(11(15)16)7-5-4-6-8-10(13)14/h9H,4-8H2,1-3H3,(H-,13,14,15,16)/p+1. The minimum Gasteiger partial charge on any atom is -0.481 e. The van der Waals surface area contributed by atoms with E-state index in [-0.39, 0.29) is 6.42 Å². The van der Waals surface area contributed by atoms with Crippen LogP contribution in [0.15, 0.2) is 0 Å². The van der Waals surface area contributed by atoms with Gasteiger partial charge < -0.3 is 14.7 Å². The fourth-order valence-electron chi connectivity index (χ4n) is 1.63. The SMILES string of the molecule is C[N+](C)(C)C(CCCCCC(=O)O)C(=O)O. The van der Waals surface area contributed by atoms with E-state index >= 15 is 0 Å². The fourth-order valence-corrected chi connectivity index (χ4v) is 1.63. The van der Waals surface area contributed by atoms with Crippen molar-refractivity contribution in [3.8, 4) is 0 Å². The molecule has 0 saturated heterocycles. The summed E-state index contributed by atoms with van der Waals surface area (Å²) in [7, 11) is 5.57. The van der Waals surface area contributed by atoms with Gasteiger partial charge in [-0.3, -0.25) is 4.79 Å². The van der Waals surface area contributed by atoms with Gasteiger partial charge in [0.15, 0.2) is 6.04 Å². The molecule has 0 aromatic rings. The van der Waals surface area contributed by atoms with E-state index in [0.717, 1.165) is 12.8 Å². The smallest absolute Gasteiger partial charge is 0.362 e. The van der Waals surface area contributed by atoms with Crippen LogP contribution < -0.4 is 0 Å². The van der Waals surface area contributed by atoms with E-state index in [1.807, 2.05) is 21.1 Å². The van der Waals surface area contributed by atoms with Gasteiger partial charge in [-0.2, -0.15) is 0 Å². The summed E-state index contributed by atoms with van der Waals surface area (Å²) in [5.74, 6) is -1.58. The average Bonchev–Trinajstić information content (AvgIpc) is 2.07. The molecule has 16 heavy (non-hydrogen) atoms. The molecule has 0 aliphatic carbocycles. The van der Waals surface area contributed by atoms with Gasteiger partial charge in [-0.25, -0.2) is 4.79 Å². The topological polar surface area (TPSA) is 74.6 Å². The maximum atomic E-state index is 11.0. The summed E-state index contributed by atoms with van der Waals surface area (Å²) in [6, 6.07) is -0.412. The lowest BCUT2D eigenvalue weighted by Crippen LogP contribution is -2.49. The van der Waals surface area contributed by atoms with Crippen LogP contribution in [0, 0.1) is 0 Å². The number of carboxylic acids is 2. The number of rotatable bonds is 8. The molecule has 1 atom stereocenters. The molecule has 0 saturated carbocycles. The lowest BCUT2D eigenvalue weighted by atomic mass is 10.1. The molecule has 1 unspecified atom stereocenters. The largest absolute Gasteiger partial charge is 0.481 e. The lowest BCUT2D eigenvalue weighted by Gasteiger charge is -2.31. The Morgan fingerprint density at radius 1 is 1.06 bits per heavy atom. The summed E-state index contributed by atoms with van der Waals surface area (Å²) in [6.07, 6.45) is 2.93. The van der Waals surface area contributed by atoms with E-state index in [2.05, 4.69) is 0 Å². The van der Waals surface area contributed by atoms with Crippen molar-refractivity contribution in [1.82, 2.24) is 0 Å². The Morgan fingerprint density at radius 3 is 2.00 bits per heavy atom. The van der Waals surface area contributed by atoms with Crippen molar-refractivity contribution in [3.63, 3.8) is 0 Å². The molecule has 2 N–H and O–H groups in total. The number of aliphatic carboxylic acids is 2. The first-order valence-electron chi connectivity index (χ1n) is 5.51. The number of unbranched alkanes of at least 4 members (excludes halogenated alkanes) is 2. The molecule has 0 aliphatic heterocycles. The van der Waals surface area contributed by atoms with Crippen LogP contribution in [0.5, 0.6) is 0 Å². The molecule has 5 nitrogen and oxygen atoms in total. The summed E-state index contributed by atoms with van der Waals surface area (Å²) in [4.78, 5) is 21.3. The number of hydrogen-bond acceptors (Lipinski definition) is 2. The molecular formula is C11H22NO4+.